The highest BCUT2D eigenvalue weighted by Crippen LogP contribution is 2.52. The van der Waals surface area contributed by atoms with Crippen molar-refractivity contribution in [2.24, 2.45) is 5.92 Å². The summed E-state index contributed by atoms with van der Waals surface area (Å²) in [5.74, 6) is 1.17. The fraction of sp³-hybridized carbons (Fsp3) is 0.333. The minimum Gasteiger partial charge on any atom is -0.508 e. The number of benzene rings is 2. The predicted molar refractivity (Wildman–Crippen MR) is 105 cm³/mol. The largest absolute Gasteiger partial charge is 0.508 e. The van der Waals surface area contributed by atoms with E-state index >= 15 is 0 Å². The number of phenolic OH excluding ortho intramolecular Hbond substituents is 1. The number of nitrogens with one attached hydrogen (secondary N) is 1. The Balaban J connectivity index is 1.68. The molecular weight excluding hydrogens is 360 g/mol. The molecule has 2 aromatic carbocycles. The summed E-state index contributed by atoms with van der Waals surface area (Å²) in [6, 6.07) is 9.86. The Labute approximate surface area is 162 Å². The second-order valence-corrected chi connectivity index (χ2v) is 7.07. The molecule has 0 bridgehead atoms. The number of nitro groups is 1. The van der Waals surface area contributed by atoms with Gasteiger partial charge in [0.1, 0.15) is 18.1 Å². The number of methoxy groups -OCH3 is 1. The van der Waals surface area contributed by atoms with Crippen LogP contribution in [0.15, 0.2) is 48.6 Å². The van der Waals surface area contributed by atoms with Crippen molar-refractivity contribution in [3.05, 3.63) is 69.8 Å². The first-order valence-corrected chi connectivity index (χ1v) is 9.24. The Morgan fingerprint density at radius 1 is 1.21 bits per heavy atom. The summed E-state index contributed by atoms with van der Waals surface area (Å²) in [6.07, 6.45) is 5.13. The van der Waals surface area contributed by atoms with Gasteiger partial charge in [0.25, 0.3) is 5.69 Å². The molecule has 0 amide bonds. The van der Waals surface area contributed by atoms with E-state index in [2.05, 4.69) is 17.5 Å². The number of fused-ring (bicyclic) bond motifs is 3. The molecule has 7 nitrogen and oxygen atoms in total. The lowest BCUT2D eigenvalue weighted by molar-refractivity contribution is -0.385. The summed E-state index contributed by atoms with van der Waals surface area (Å²) in [4.78, 5) is 10.8. The van der Waals surface area contributed by atoms with Crippen molar-refractivity contribution in [3.8, 4) is 11.5 Å². The van der Waals surface area contributed by atoms with Gasteiger partial charge < -0.3 is 19.9 Å². The van der Waals surface area contributed by atoms with Crippen LogP contribution in [0.1, 0.15) is 29.5 Å². The summed E-state index contributed by atoms with van der Waals surface area (Å²) in [5.41, 5.74) is 2.61. The van der Waals surface area contributed by atoms with Gasteiger partial charge in [-0.3, -0.25) is 10.1 Å². The quantitative estimate of drug-likeness (QED) is 0.337. The second-order valence-electron chi connectivity index (χ2n) is 7.07. The molecule has 0 saturated heterocycles. The molecule has 1 aliphatic carbocycles. The van der Waals surface area contributed by atoms with Crippen LogP contribution in [0.25, 0.3) is 0 Å². The van der Waals surface area contributed by atoms with E-state index in [4.69, 9.17) is 9.47 Å². The number of hydrogen-bond acceptors (Lipinski definition) is 6. The Hall–Kier alpha value is -3.06. The average Bonchev–Trinajstić information content (AvgIpc) is 3.18. The van der Waals surface area contributed by atoms with Crippen molar-refractivity contribution in [2.75, 3.05) is 25.6 Å². The van der Waals surface area contributed by atoms with Crippen LogP contribution in [0, 0.1) is 16.0 Å². The number of rotatable bonds is 6. The molecule has 1 aliphatic heterocycles. The number of aromatic hydroxyl groups is 1. The van der Waals surface area contributed by atoms with E-state index in [1.807, 2.05) is 18.2 Å². The van der Waals surface area contributed by atoms with Crippen molar-refractivity contribution in [1.29, 1.82) is 0 Å². The van der Waals surface area contributed by atoms with Gasteiger partial charge in [-0.1, -0.05) is 12.2 Å². The molecular formula is C21H22N2O5. The lowest BCUT2D eigenvalue weighted by Gasteiger charge is -2.37. The first-order chi connectivity index (χ1) is 13.6. The second kappa shape index (κ2) is 7.52. The summed E-state index contributed by atoms with van der Waals surface area (Å²) in [5, 5.41) is 25.1. The van der Waals surface area contributed by atoms with Crippen LogP contribution in [-0.4, -0.2) is 30.4 Å². The smallest absolute Gasteiger partial charge is 0.270 e. The van der Waals surface area contributed by atoms with Gasteiger partial charge in [-0.25, -0.2) is 0 Å². The molecule has 2 aromatic rings. The zero-order chi connectivity index (χ0) is 19.7. The van der Waals surface area contributed by atoms with Gasteiger partial charge in [0, 0.05) is 36.4 Å². The maximum Gasteiger partial charge on any atom is 0.270 e. The van der Waals surface area contributed by atoms with Crippen molar-refractivity contribution in [1.82, 2.24) is 0 Å². The maximum absolute atomic E-state index is 11.2. The summed E-state index contributed by atoms with van der Waals surface area (Å²) in [7, 11) is 1.64. The maximum atomic E-state index is 11.2. The first kappa shape index (κ1) is 18.3. The minimum absolute atomic E-state index is 0.0233. The Morgan fingerprint density at radius 3 is 2.86 bits per heavy atom. The standard InChI is InChI=1S/C21H22N2O5/c1-27-9-10-28-14-6-7-19-17(12-14)15-3-2-4-16(15)21(22-19)18-11-13(23(25)26)5-8-20(18)24/h2-3,5-8,11-12,15-16,21-22,24H,4,9-10H2,1H3. The van der Waals surface area contributed by atoms with E-state index in [9.17, 15) is 15.2 Å². The third-order valence-corrected chi connectivity index (χ3v) is 5.45. The monoisotopic (exact) mass is 382 g/mol. The van der Waals surface area contributed by atoms with Gasteiger partial charge in [0.2, 0.25) is 0 Å². The third kappa shape index (κ3) is 3.29. The van der Waals surface area contributed by atoms with Crippen molar-refractivity contribution in [3.63, 3.8) is 0 Å². The van der Waals surface area contributed by atoms with Gasteiger partial charge in [-0.05, 0) is 42.2 Å². The molecule has 3 unspecified atom stereocenters. The van der Waals surface area contributed by atoms with Gasteiger partial charge in [0.15, 0.2) is 0 Å². The summed E-state index contributed by atoms with van der Waals surface area (Å²) < 4.78 is 10.8. The number of phenols is 1. The molecule has 4 rings (SSSR count). The van der Waals surface area contributed by atoms with Crippen molar-refractivity contribution in [2.45, 2.75) is 18.4 Å². The van der Waals surface area contributed by atoms with Crippen LogP contribution in [0.4, 0.5) is 11.4 Å². The molecule has 0 radical (unpaired) electrons. The molecule has 2 aliphatic rings. The van der Waals surface area contributed by atoms with Crippen LogP contribution >= 0.6 is 0 Å². The van der Waals surface area contributed by atoms with Crippen LogP contribution in [0.5, 0.6) is 11.5 Å². The average molecular weight is 382 g/mol. The minimum atomic E-state index is -0.437. The number of non-ortho nitro benzene ring substituents is 1. The normalized spacial score (nSPS) is 22.2. The highest BCUT2D eigenvalue weighted by molar-refractivity contribution is 5.63. The Bertz CT molecular complexity index is 927. The fourth-order valence-electron chi connectivity index (χ4n) is 4.12. The predicted octanol–water partition coefficient (Wildman–Crippen LogP) is 4.15. The molecule has 0 saturated carbocycles. The molecule has 28 heavy (non-hydrogen) atoms. The van der Waals surface area contributed by atoms with E-state index < -0.39 is 4.92 Å². The molecule has 0 aromatic heterocycles. The lowest BCUT2D eigenvalue weighted by atomic mass is 9.76. The van der Waals surface area contributed by atoms with Gasteiger partial charge in [-0.15, -0.1) is 0 Å². The molecule has 7 heteroatoms. The van der Waals surface area contributed by atoms with Crippen molar-refractivity contribution < 1.29 is 19.5 Å². The number of nitrogens with zero attached hydrogens (tertiary/aromatic N) is 1. The lowest BCUT2D eigenvalue weighted by Crippen LogP contribution is -2.29. The van der Waals surface area contributed by atoms with Crippen LogP contribution in [0.3, 0.4) is 0 Å². The Kier molecular flexibility index (Phi) is 4.92. The van der Waals surface area contributed by atoms with E-state index in [0.717, 1.165) is 23.4 Å². The molecule has 0 spiro atoms. The zero-order valence-corrected chi connectivity index (χ0v) is 15.5. The number of ether oxygens (including phenoxy) is 2. The highest BCUT2D eigenvalue weighted by atomic mass is 16.6. The number of anilines is 1. The van der Waals surface area contributed by atoms with Gasteiger partial charge in [-0.2, -0.15) is 0 Å². The zero-order valence-electron chi connectivity index (χ0n) is 15.5. The molecule has 0 fully saturated rings. The molecule has 3 atom stereocenters. The number of hydrogen-bond donors (Lipinski definition) is 2. The van der Waals surface area contributed by atoms with E-state index in [1.54, 1.807) is 7.11 Å². The topological polar surface area (TPSA) is 93.9 Å². The first-order valence-electron chi connectivity index (χ1n) is 9.24. The SMILES string of the molecule is COCCOc1ccc2c(c1)C1C=CCC1C(c1cc([N+](=O)[O-])ccc1O)N2. The number of allylic oxidation sites excluding steroid dienone is 2. The highest BCUT2D eigenvalue weighted by Gasteiger charge is 2.39. The van der Waals surface area contributed by atoms with Crippen LogP contribution < -0.4 is 10.1 Å². The summed E-state index contributed by atoms with van der Waals surface area (Å²) in [6.45, 7) is 1.01. The third-order valence-electron chi connectivity index (χ3n) is 5.45. The van der Waals surface area contributed by atoms with E-state index in [1.165, 1.54) is 18.2 Å². The molecule has 146 valence electrons. The summed E-state index contributed by atoms with van der Waals surface area (Å²) >= 11 is 0. The molecule has 2 N–H and O–H groups in total. The fourth-order valence-corrected chi connectivity index (χ4v) is 4.12. The Morgan fingerprint density at radius 2 is 2.07 bits per heavy atom. The van der Waals surface area contributed by atoms with Gasteiger partial charge >= 0.3 is 0 Å². The van der Waals surface area contributed by atoms with E-state index in [-0.39, 0.29) is 29.3 Å². The van der Waals surface area contributed by atoms with Crippen molar-refractivity contribution >= 4 is 11.4 Å². The number of nitro benzene ring substituents is 1. The van der Waals surface area contributed by atoms with Crippen LogP contribution in [-0.2, 0) is 4.74 Å². The van der Waals surface area contributed by atoms with Gasteiger partial charge in [0.05, 0.1) is 17.6 Å². The van der Waals surface area contributed by atoms with Crippen LogP contribution in [0.2, 0.25) is 0 Å². The van der Waals surface area contributed by atoms with E-state index in [0.29, 0.717) is 18.8 Å². The molecule has 1 heterocycles.